The maximum atomic E-state index is 13.4. The molecular formula is C26H35F4N3O2. The molecule has 35 heavy (non-hydrogen) atoms. The number of nitrogens with zero attached hydrogens (tertiary/aromatic N) is 2. The second kappa shape index (κ2) is 10.9. The van der Waals surface area contributed by atoms with E-state index in [1.807, 2.05) is 0 Å². The summed E-state index contributed by atoms with van der Waals surface area (Å²) in [6.45, 7) is 8.65. The number of likely N-dealkylation sites (tertiary alicyclic amines) is 1. The number of nitrogens with one attached hydrogen (secondary N) is 1. The lowest BCUT2D eigenvalue weighted by Crippen LogP contribution is -2.50. The van der Waals surface area contributed by atoms with Crippen molar-refractivity contribution in [2.24, 2.45) is 11.3 Å². The Morgan fingerprint density at radius 2 is 1.74 bits per heavy atom. The van der Waals surface area contributed by atoms with Crippen molar-refractivity contribution in [1.82, 2.24) is 15.1 Å². The van der Waals surface area contributed by atoms with Crippen molar-refractivity contribution in [3.05, 3.63) is 47.2 Å². The summed E-state index contributed by atoms with van der Waals surface area (Å²) >= 11 is 0. The van der Waals surface area contributed by atoms with Gasteiger partial charge in [-0.25, -0.2) is 4.39 Å². The number of halogens is 4. The molecule has 0 aromatic heterocycles. The number of benzene rings is 1. The first-order valence-electron chi connectivity index (χ1n) is 12.5. The lowest BCUT2D eigenvalue weighted by molar-refractivity contribution is -0.137. The summed E-state index contributed by atoms with van der Waals surface area (Å²) in [5, 5.41) is 2.89. The molecule has 4 rings (SSSR count). The second-order valence-corrected chi connectivity index (χ2v) is 10.2. The molecule has 1 aliphatic carbocycles. The average molecular weight is 498 g/mol. The van der Waals surface area contributed by atoms with Gasteiger partial charge in [-0.1, -0.05) is 25.5 Å². The third-order valence-electron chi connectivity index (χ3n) is 7.52. The molecule has 1 saturated carbocycles. The van der Waals surface area contributed by atoms with E-state index in [2.05, 4.69) is 21.7 Å². The molecule has 3 aliphatic rings. The normalized spacial score (nSPS) is 21.1. The summed E-state index contributed by atoms with van der Waals surface area (Å²) in [7, 11) is 0. The number of ether oxygens (including phenoxy) is 1. The number of alkyl halides is 4. The van der Waals surface area contributed by atoms with Gasteiger partial charge in [0, 0.05) is 31.9 Å². The van der Waals surface area contributed by atoms with E-state index in [1.54, 1.807) is 0 Å². The number of carbonyl (C=O) groups excluding carboxylic acids is 1. The van der Waals surface area contributed by atoms with Crippen LogP contribution < -0.4 is 5.32 Å². The van der Waals surface area contributed by atoms with Crippen LogP contribution in [0.1, 0.15) is 48.8 Å². The standard InChI is InChI=1S/C26H35F4N3O2/c1-19(33-8-10-35-11-9-33)18-32-6-4-25(5-7-32,15-20-2-3-20)24(34)31-17-22-12-21(16-27)13-23(14-22)26(28,29)30/h12-14,20H,1-11,15-18H2,(H,31,34). The van der Waals surface area contributed by atoms with Gasteiger partial charge in [0.15, 0.2) is 0 Å². The molecule has 5 nitrogen and oxygen atoms in total. The van der Waals surface area contributed by atoms with E-state index in [0.29, 0.717) is 32.0 Å². The molecule has 0 unspecified atom stereocenters. The smallest absolute Gasteiger partial charge is 0.378 e. The summed E-state index contributed by atoms with van der Waals surface area (Å²) in [5.41, 5.74) is -0.103. The van der Waals surface area contributed by atoms with E-state index in [9.17, 15) is 22.4 Å². The van der Waals surface area contributed by atoms with Gasteiger partial charge in [-0.2, -0.15) is 13.2 Å². The number of morpholine rings is 1. The van der Waals surface area contributed by atoms with Crippen LogP contribution in [0.15, 0.2) is 30.5 Å². The molecule has 1 N–H and O–H groups in total. The fourth-order valence-corrected chi connectivity index (χ4v) is 5.25. The number of amides is 1. The van der Waals surface area contributed by atoms with Crippen molar-refractivity contribution in [1.29, 1.82) is 0 Å². The van der Waals surface area contributed by atoms with Crippen molar-refractivity contribution in [2.75, 3.05) is 45.9 Å². The Morgan fingerprint density at radius 1 is 1.09 bits per heavy atom. The molecular weight excluding hydrogens is 462 g/mol. The first-order chi connectivity index (χ1) is 16.7. The minimum absolute atomic E-state index is 0.0365. The van der Waals surface area contributed by atoms with Crippen LogP contribution in [0.25, 0.3) is 0 Å². The highest BCUT2D eigenvalue weighted by molar-refractivity contribution is 5.82. The zero-order valence-electron chi connectivity index (χ0n) is 20.1. The third kappa shape index (κ3) is 6.76. The zero-order valence-corrected chi connectivity index (χ0v) is 20.1. The summed E-state index contributed by atoms with van der Waals surface area (Å²) in [4.78, 5) is 18.0. The topological polar surface area (TPSA) is 44.8 Å². The van der Waals surface area contributed by atoms with Gasteiger partial charge in [0.25, 0.3) is 0 Å². The number of carbonyl (C=O) groups is 1. The van der Waals surface area contributed by atoms with Crippen LogP contribution in [0.4, 0.5) is 17.6 Å². The Kier molecular flexibility index (Phi) is 8.06. The monoisotopic (exact) mass is 497 g/mol. The predicted molar refractivity (Wildman–Crippen MR) is 125 cm³/mol. The maximum absolute atomic E-state index is 13.4. The van der Waals surface area contributed by atoms with Crippen molar-refractivity contribution < 1.29 is 27.1 Å². The maximum Gasteiger partial charge on any atom is 0.416 e. The van der Waals surface area contributed by atoms with E-state index in [1.165, 1.54) is 6.07 Å². The molecule has 9 heteroatoms. The van der Waals surface area contributed by atoms with E-state index >= 15 is 0 Å². The van der Waals surface area contributed by atoms with Crippen molar-refractivity contribution in [2.45, 2.75) is 51.5 Å². The van der Waals surface area contributed by atoms with Crippen LogP contribution in [0.5, 0.6) is 0 Å². The largest absolute Gasteiger partial charge is 0.416 e. The minimum Gasteiger partial charge on any atom is -0.378 e. The fraction of sp³-hybridized carbons (Fsp3) is 0.654. The molecule has 2 aliphatic heterocycles. The number of rotatable bonds is 9. The van der Waals surface area contributed by atoms with Crippen LogP contribution in [0, 0.1) is 11.3 Å². The van der Waals surface area contributed by atoms with Crippen molar-refractivity contribution in [3.63, 3.8) is 0 Å². The van der Waals surface area contributed by atoms with E-state index in [4.69, 9.17) is 4.74 Å². The van der Waals surface area contributed by atoms with Gasteiger partial charge in [-0.05, 0) is 61.5 Å². The summed E-state index contributed by atoms with van der Waals surface area (Å²) in [6.07, 6.45) is -0.0706. The highest BCUT2D eigenvalue weighted by Crippen LogP contribution is 2.46. The quantitative estimate of drug-likeness (QED) is 0.510. The molecule has 0 bridgehead atoms. The molecule has 194 valence electrons. The van der Waals surface area contributed by atoms with E-state index in [0.717, 1.165) is 69.8 Å². The number of hydrogen-bond acceptors (Lipinski definition) is 4. The average Bonchev–Trinajstić information content (AvgIpc) is 3.67. The highest BCUT2D eigenvalue weighted by Gasteiger charge is 2.45. The molecule has 3 fully saturated rings. The molecule has 1 aromatic rings. The molecule has 1 amide bonds. The lowest BCUT2D eigenvalue weighted by atomic mass is 9.73. The Hall–Kier alpha value is -2.13. The zero-order chi connectivity index (χ0) is 25.1. The SMILES string of the molecule is C=C(CN1CCC(CC2CC2)(C(=O)NCc2cc(CF)cc(C(F)(F)F)c2)CC1)N1CCOCC1. The van der Waals surface area contributed by atoms with Crippen LogP contribution in [0.2, 0.25) is 0 Å². The fourth-order valence-electron chi connectivity index (χ4n) is 5.25. The summed E-state index contributed by atoms with van der Waals surface area (Å²) < 4.78 is 58.2. The summed E-state index contributed by atoms with van der Waals surface area (Å²) in [5.74, 6) is 0.442. The number of hydrogen-bond donors (Lipinski definition) is 1. The Labute approximate surface area is 204 Å². The van der Waals surface area contributed by atoms with Gasteiger partial charge < -0.3 is 15.0 Å². The molecule has 0 spiro atoms. The van der Waals surface area contributed by atoms with Gasteiger partial charge in [-0.3, -0.25) is 9.69 Å². The van der Waals surface area contributed by atoms with E-state index < -0.39 is 23.8 Å². The van der Waals surface area contributed by atoms with Gasteiger partial charge in [-0.15, -0.1) is 0 Å². The predicted octanol–water partition coefficient (Wildman–Crippen LogP) is 4.52. The molecule has 1 aromatic carbocycles. The van der Waals surface area contributed by atoms with Gasteiger partial charge in [0.2, 0.25) is 5.91 Å². The van der Waals surface area contributed by atoms with E-state index in [-0.39, 0.29) is 23.6 Å². The second-order valence-electron chi connectivity index (χ2n) is 10.2. The first kappa shape index (κ1) is 25.9. The van der Waals surface area contributed by atoms with Crippen LogP contribution in [0.3, 0.4) is 0 Å². The minimum atomic E-state index is -4.56. The Balaban J connectivity index is 1.37. The van der Waals surface area contributed by atoms with Gasteiger partial charge >= 0.3 is 6.18 Å². The van der Waals surface area contributed by atoms with Crippen LogP contribution in [-0.2, 0) is 28.9 Å². The Bertz CT molecular complexity index is 902. The first-order valence-corrected chi connectivity index (χ1v) is 12.5. The summed E-state index contributed by atoms with van der Waals surface area (Å²) in [6, 6.07) is 3.20. The third-order valence-corrected chi connectivity index (χ3v) is 7.52. The molecule has 0 atom stereocenters. The highest BCUT2D eigenvalue weighted by atomic mass is 19.4. The number of piperidine rings is 1. The molecule has 2 saturated heterocycles. The molecule has 0 radical (unpaired) electrons. The van der Waals surface area contributed by atoms with Crippen LogP contribution >= 0.6 is 0 Å². The van der Waals surface area contributed by atoms with Crippen LogP contribution in [-0.4, -0.2) is 61.6 Å². The van der Waals surface area contributed by atoms with Gasteiger partial charge in [0.05, 0.1) is 24.2 Å². The van der Waals surface area contributed by atoms with Crippen molar-refractivity contribution in [3.8, 4) is 0 Å². The Morgan fingerprint density at radius 3 is 2.34 bits per heavy atom. The van der Waals surface area contributed by atoms with Gasteiger partial charge in [0.1, 0.15) is 6.67 Å². The van der Waals surface area contributed by atoms with Crippen molar-refractivity contribution >= 4 is 5.91 Å². The lowest BCUT2D eigenvalue weighted by Gasteiger charge is -2.42. The molecule has 2 heterocycles.